The summed E-state index contributed by atoms with van der Waals surface area (Å²) in [5.41, 5.74) is 0.261. The Morgan fingerprint density at radius 3 is 2.77 bits per heavy atom. The van der Waals surface area contributed by atoms with E-state index in [1.165, 1.54) is 0 Å². The third-order valence-corrected chi connectivity index (χ3v) is 6.64. The second-order valence-electron chi connectivity index (χ2n) is 7.04. The van der Waals surface area contributed by atoms with Crippen molar-refractivity contribution in [3.63, 3.8) is 0 Å². The van der Waals surface area contributed by atoms with E-state index in [1.807, 2.05) is 29.2 Å². The van der Waals surface area contributed by atoms with E-state index in [1.54, 1.807) is 0 Å². The predicted molar refractivity (Wildman–Crippen MR) is 81.4 cm³/mol. The van der Waals surface area contributed by atoms with E-state index in [-0.39, 0.29) is 29.8 Å². The minimum absolute atomic E-state index is 0.0678. The Balaban J connectivity index is 1.66. The number of benzene rings is 1. The fraction of sp³-hybridized carbons (Fsp3) is 0.588. The second kappa shape index (κ2) is 4.05. The molecule has 1 aromatic carbocycles. The Morgan fingerprint density at radius 2 is 2.09 bits per heavy atom. The summed E-state index contributed by atoms with van der Waals surface area (Å²) < 4.78 is 6.37. The number of rotatable bonds is 2. The number of nitrogens with zero attached hydrogens (tertiary/aromatic N) is 1. The highest BCUT2D eigenvalue weighted by Crippen LogP contribution is 2.68. The van der Waals surface area contributed by atoms with Gasteiger partial charge in [-0.2, -0.15) is 0 Å². The standard InChI is InChI=1S/C17H18ClNO3/c1-2-17-13-11-7-10(14(20)15(11)22-17)12(13)16(21)19(17)9-5-3-8(18)4-6-9/h3-6,10-15,20H,2,7H2,1H3. The molecule has 2 aliphatic heterocycles. The zero-order chi connectivity index (χ0) is 15.2. The average Bonchev–Trinajstić information content (AvgIpc) is 3.17. The van der Waals surface area contributed by atoms with Crippen molar-refractivity contribution < 1.29 is 14.6 Å². The molecule has 4 nitrogen and oxygen atoms in total. The van der Waals surface area contributed by atoms with Crippen LogP contribution in [0.4, 0.5) is 5.69 Å². The highest BCUT2D eigenvalue weighted by Gasteiger charge is 2.77. The van der Waals surface area contributed by atoms with Crippen LogP contribution in [0.1, 0.15) is 19.8 Å². The van der Waals surface area contributed by atoms with Gasteiger partial charge in [-0.05, 0) is 48.9 Å². The molecule has 5 rings (SSSR count). The first kappa shape index (κ1) is 13.3. The highest BCUT2D eigenvalue weighted by molar-refractivity contribution is 6.30. The lowest BCUT2D eigenvalue weighted by Gasteiger charge is -2.38. The smallest absolute Gasteiger partial charge is 0.233 e. The van der Waals surface area contributed by atoms with Crippen LogP contribution >= 0.6 is 11.6 Å². The molecule has 22 heavy (non-hydrogen) atoms. The molecule has 2 bridgehead atoms. The molecule has 7 unspecified atom stereocenters. The Labute approximate surface area is 134 Å². The van der Waals surface area contributed by atoms with Gasteiger partial charge in [-0.1, -0.05) is 18.5 Å². The van der Waals surface area contributed by atoms with Crippen LogP contribution in [0.3, 0.4) is 0 Å². The van der Waals surface area contributed by atoms with E-state index in [9.17, 15) is 9.90 Å². The van der Waals surface area contributed by atoms with Crippen LogP contribution in [-0.4, -0.2) is 28.9 Å². The number of amides is 1. The van der Waals surface area contributed by atoms with Crippen LogP contribution in [-0.2, 0) is 9.53 Å². The number of hydrogen-bond acceptors (Lipinski definition) is 3. The van der Waals surface area contributed by atoms with Gasteiger partial charge in [-0.3, -0.25) is 9.69 Å². The summed E-state index contributed by atoms with van der Waals surface area (Å²) in [5, 5.41) is 11.1. The molecule has 116 valence electrons. The highest BCUT2D eigenvalue weighted by atomic mass is 35.5. The SMILES string of the molecule is CCC12OC3C(O)C4CC3C1C4C(=O)N2c1ccc(Cl)cc1. The lowest BCUT2D eigenvalue weighted by Crippen LogP contribution is -2.50. The molecule has 2 saturated carbocycles. The van der Waals surface area contributed by atoms with Crippen molar-refractivity contribution in [1.29, 1.82) is 0 Å². The summed E-state index contributed by atoms with van der Waals surface area (Å²) in [6, 6.07) is 7.39. The van der Waals surface area contributed by atoms with Gasteiger partial charge in [0.2, 0.25) is 5.91 Å². The van der Waals surface area contributed by atoms with Gasteiger partial charge in [0.25, 0.3) is 0 Å². The summed E-state index contributed by atoms with van der Waals surface area (Å²) >= 11 is 5.98. The van der Waals surface area contributed by atoms with Crippen molar-refractivity contribution in [2.75, 3.05) is 4.90 Å². The van der Waals surface area contributed by atoms with E-state index >= 15 is 0 Å². The first-order valence-electron chi connectivity index (χ1n) is 8.04. The third kappa shape index (κ3) is 1.28. The van der Waals surface area contributed by atoms with Gasteiger partial charge < -0.3 is 9.84 Å². The molecule has 2 saturated heterocycles. The number of anilines is 1. The van der Waals surface area contributed by atoms with Crippen LogP contribution in [0.25, 0.3) is 0 Å². The maximum absolute atomic E-state index is 13.1. The summed E-state index contributed by atoms with van der Waals surface area (Å²) in [4.78, 5) is 15.0. The quantitative estimate of drug-likeness (QED) is 0.911. The van der Waals surface area contributed by atoms with Crippen molar-refractivity contribution in [2.24, 2.45) is 23.7 Å². The molecule has 1 amide bonds. The van der Waals surface area contributed by atoms with Gasteiger partial charge in [-0.15, -0.1) is 0 Å². The number of carbonyl (C=O) groups is 1. The Morgan fingerprint density at radius 1 is 1.36 bits per heavy atom. The summed E-state index contributed by atoms with van der Waals surface area (Å²) in [5.74, 6) is 0.636. The molecule has 7 atom stereocenters. The molecule has 2 aliphatic carbocycles. The maximum Gasteiger partial charge on any atom is 0.233 e. The lowest BCUT2D eigenvalue weighted by molar-refractivity contribution is -0.133. The number of aliphatic hydroxyl groups is 1. The fourth-order valence-corrected chi connectivity index (χ4v) is 5.83. The molecule has 1 N–H and O–H groups in total. The van der Waals surface area contributed by atoms with Crippen molar-refractivity contribution in [1.82, 2.24) is 0 Å². The number of fused-ring (bicyclic) bond motifs is 2. The molecule has 1 aromatic rings. The van der Waals surface area contributed by atoms with E-state index in [2.05, 4.69) is 6.92 Å². The molecular weight excluding hydrogens is 302 g/mol. The van der Waals surface area contributed by atoms with E-state index in [0.717, 1.165) is 18.5 Å². The number of hydrogen-bond donors (Lipinski definition) is 1. The normalized spacial score (nSPS) is 47.8. The number of halogens is 1. The van der Waals surface area contributed by atoms with Crippen molar-refractivity contribution in [3.8, 4) is 0 Å². The molecule has 0 aromatic heterocycles. The Bertz CT molecular complexity index is 662. The maximum atomic E-state index is 13.1. The Kier molecular flexibility index (Phi) is 2.46. The van der Waals surface area contributed by atoms with Crippen LogP contribution in [0.2, 0.25) is 5.02 Å². The molecule has 5 heteroatoms. The van der Waals surface area contributed by atoms with E-state index in [0.29, 0.717) is 10.9 Å². The van der Waals surface area contributed by atoms with Gasteiger partial charge in [0.1, 0.15) is 0 Å². The zero-order valence-electron chi connectivity index (χ0n) is 12.3. The molecule has 0 spiro atoms. The first-order valence-corrected chi connectivity index (χ1v) is 8.42. The average molecular weight is 320 g/mol. The monoisotopic (exact) mass is 319 g/mol. The van der Waals surface area contributed by atoms with Crippen molar-refractivity contribution in [2.45, 2.75) is 37.7 Å². The van der Waals surface area contributed by atoms with Crippen LogP contribution in [0.15, 0.2) is 24.3 Å². The number of ether oxygens (including phenoxy) is 1. The zero-order valence-corrected chi connectivity index (χ0v) is 13.0. The van der Waals surface area contributed by atoms with Crippen LogP contribution in [0, 0.1) is 23.7 Å². The van der Waals surface area contributed by atoms with Crippen LogP contribution in [0.5, 0.6) is 0 Å². The topological polar surface area (TPSA) is 49.8 Å². The van der Waals surface area contributed by atoms with Crippen molar-refractivity contribution in [3.05, 3.63) is 29.3 Å². The summed E-state index contributed by atoms with van der Waals surface area (Å²) in [7, 11) is 0. The minimum atomic E-state index is -0.586. The fourth-order valence-electron chi connectivity index (χ4n) is 5.70. The molecule has 0 radical (unpaired) electrons. The van der Waals surface area contributed by atoms with Gasteiger partial charge >= 0.3 is 0 Å². The van der Waals surface area contributed by atoms with Gasteiger partial charge in [0.15, 0.2) is 5.72 Å². The molecule has 4 fully saturated rings. The van der Waals surface area contributed by atoms with Gasteiger partial charge in [0, 0.05) is 16.6 Å². The molecule has 4 aliphatic rings. The van der Waals surface area contributed by atoms with Gasteiger partial charge in [-0.25, -0.2) is 0 Å². The largest absolute Gasteiger partial charge is 0.390 e. The lowest BCUT2D eigenvalue weighted by atomic mass is 9.76. The third-order valence-electron chi connectivity index (χ3n) is 6.39. The van der Waals surface area contributed by atoms with E-state index in [4.69, 9.17) is 16.3 Å². The molecular formula is C17H18ClNO3. The summed E-state index contributed by atoms with van der Waals surface area (Å²) in [6.07, 6.45) is 1.10. The Hall–Kier alpha value is -1.10. The predicted octanol–water partition coefficient (Wildman–Crippen LogP) is 2.43. The van der Waals surface area contributed by atoms with Gasteiger partial charge in [0.05, 0.1) is 18.1 Å². The summed E-state index contributed by atoms with van der Waals surface area (Å²) in [6.45, 7) is 2.07. The van der Waals surface area contributed by atoms with Crippen molar-refractivity contribution >= 4 is 23.2 Å². The minimum Gasteiger partial charge on any atom is -0.390 e. The van der Waals surface area contributed by atoms with Crippen LogP contribution < -0.4 is 4.90 Å². The number of aliphatic hydroxyl groups excluding tert-OH is 1. The van der Waals surface area contributed by atoms with E-state index < -0.39 is 11.8 Å². The first-order chi connectivity index (χ1) is 10.6. The second-order valence-corrected chi connectivity index (χ2v) is 7.47. The molecule has 2 heterocycles. The number of carbonyl (C=O) groups excluding carboxylic acids is 1.